The Hall–Kier alpha value is -1.38. The van der Waals surface area contributed by atoms with Gasteiger partial charge in [0, 0.05) is 19.5 Å². The zero-order valence-electron chi connectivity index (χ0n) is 10.2. The van der Waals surface area contributed by atoms with Crippen LogP contribution < -0.4 is 0 Å². The maximum atomic E-state index is 13.6. The molecule has 0 saturated carbocycles. The molecule has 3 heteroatoms. The first-order valence-corrected chi connectivity index (χ1v) is 6.24. The van der Waals surface area contributed by atoms with Crippen molar-refractivity contribution >= 4 is 5.91 Å². The fourth-order valence-corrected chi connectivity index (χ4v) is 2.47. The summed E-state index contributed by atoms with van der Waals surface area (Å²) in [5.41, 5.74) is 0.802. The van der Waals surface area contributed by atoms with Crippen LogP contribution in [0.3, 0.4) is 0 Å². The van der Waals surface area contributed by atoms with E-state index < -0.39 is 0 Å². The van der Waals surface area contributed by atoms with Gasteiger partial charge in [0.2, 0.25) is 5.91 Å². The average molecular weight is 235 g/mol. The highest BCUT2D eigenvalue weighted by Gasteiger charge is 2.24. The van der Waals surface area contributed by atoms with Crippen molar-refractivity contribution in [3.8, 4) is 0 Å². The normalized spacial score (nSPS) is 17.2. The minimum Gasteiger partial charge on any atom is -0.343 e. The summed E-state index contributed by atoms with van der Waals surface area (Å²) in [6.07, 6.45) is 2.30. The van der Waals surface area contributed by atoms with Crippen LogP contribution in [0.2, 0.25) is 0 Å². The predicted octanol–water partition coefficient (Wildman–Crippen LogP) is 2.94. The summed E-state index contributed by atoms with van der Waals surface area (Å²) in [5.74, 6) is 0.349. The van der Waals surface area contributed by atoms with Crippen LogP contribution in [0.25, 0.3) is 0 Å². The molecule has 1 aliphatic heterocycles. The number of carbonyl (C=O) groups excluding carboxylic acids is 1. The lowest BCUT2D eigenvalue weighted by atomic mass is 9.89. The van der Waals surface area contributed by atoms with Crippen LogP contribution in [0.1, 0.15) is 37.7 Å². The quantitative estimate of drug-likeness (QED) is 0.771. The molecule has 0 N–H and O–H groups in total. The molecule has 1 aliphatic rings. The number of benzene rings is 1. The van der Waals surface area contributed by atoms with Crippen molar-refractivity contribution in [1.82, 2.24) is 4.90 Å². The summed E-state index contributed by atoms with van der Waals surface area (Å²) >= 11 is 0. The molecular weight excluding hydrogens is 217 g/mol. The van der Waals surface area contributed by atoms with Gasteiger partial charge in [-0.3, -0.25) is 4.79 Å². The van der Waals surface area contributed by atoms with Crippen LogP contribution in [-0.2, 0) is 4.79 Å². The highest BCUT2D eigenvalue weighted by atomic mass is 19.1. The van der Waals surface area contributed by atoms with Crippen molar-refractivity contribution in [2.75, 3.05) is 13.1 Å². The second-order valence-electron chi connectivity index (χ2n) is 4.53. The number of nitrogens with zero attached hydrogens (tertiary/aromatic N) is 1. The van der Waals surface area contributed by atoms with Crippen molar-refractivity contribution in [3.63, 3.8) is 0 Å². The van der Waals surface area contributed by atoms with Gasteiger partial charge >= 0.3 is 0 Å². The summed E-state index contributed by atoms with van der Waals surface area (Å²) in [4.78, 5) is 13.4. The molecule has 1 amide bonds. The molecule has 0 atom stereocenters. The Morgan fingerprint density at radius 2 is 2.00 bits per heavy atom. The van der Waals surface area contributed by atoms with Crippen molar-refractivity contribution in [1.29, 1.82) is 0 Å². The standard InChI is InChI=1S/C14H18FNO/c1-2-14(17)16-9-7-11(8-10-16)12-5-3-4-6-13(12)15/h3-6,11H,2,7-10H2,1H3. The summed E-state index contributed by atoms with van der Waals surface area (Å²) in [6.45, 7) is 3.39. The van der Waals surface area contributed by atoms with Crippen LogP contribution in [0, 0.1) is 5.82 Å². The molecule has 0 unspecified atom stereocenters. The molecule has 0 bridgehead atoms. The summed E-state index contributed by atoms with van der Waals surface area (Å²) in [5, 5.41) is 0. The Morgan fingerprint density at radius 1 is 1.35 bits per heavy atom. The number of rotatable bonds is 2. The number of piperidine rings is 1. The molecule has 1 aromatic carbocycles. The lowest BCUT2D eigenvalue weighted by molar-refractivity contribution is -0.131. The molecule has 17 heavy (non-hydrogen) atoms. The predicted molar refractivity (Wildman–Crippen MR) is 65.2 cm³/mol. The minimum absolute atomic E-state index is 0.118. The second kappa shape index (κ2) is 5.30. The molecule has 0 radical (unpaired) electrons. The van der Waals surface area contributed by atoms with Gasteiger partial charge in [-0.1, -0.05) is 25.1 Å². The monoisotopic (exact) mass is 235 g/mol. The fourth-order valence-electron chi connectivity index (χ4n) is 2.47. The van der Waals surface area contributed by atoms with E-state index in [9.17, 15) is 9.18 Å². The van der Waals surface area contributed by atoms with Crippen LogP contribution in [-0.4, -0.2) is 23.9 Å². The maximum absolute atomic E-state index is 13.6. The first-order valence-electron chi connectivity index (χ1n) is 6.24. The van der Waals surface area contributed by atoms with Crippen molar-refractivity contribution in [3.05, 3.63) is 35.6 Å². The van der Waals surface area contributed by atoms with Crippen LogP contribution >= 0.6 is 0 Å². The smallest absolute Gasteiger partial charge is 0.222 e. The third-order valence-corrected chi connectivity index (χ3v) is 3.50. The van der Waals surface area contributed by atoms with Crippen molar-refractivity contribution < 1.29 is 9.18 Å². The van der Waals surface area contributed by atoms with Crippen molar-refractivity contribution in [2.24, 2.45) is 0 Å². The number of likely N-dealkylation sites (tertiary alicyclic amines) is 1. The largest absolute Gasteiger partial charge is 0.343 e. The Labute approximate surface area is 101 Å². The Balaban J connectivity index is 2.00. The van der Waals surface area contributed by atoms with Gasteiger partial charge in [0.05, 0.1) is 0 Å². The molecule has 2 rings (SSSR count). The number of hydrogen-bond donors (Lipinski definition) is 0. The van der Waals surface area contributed by atoms with E-state index in [-0.39, 0.29) is 17.6 Å². The molecule has 0 aromatic heterocycles. The summed E-state index contributed by atoms with van der Waals surface area (Å²) < 4.78 is 13.6. The van der Waals surface area contributed by atoms with Crippen LogP contribution in [0.15, 0.2) is 24.3 Å². The van der Waals surface area contributed by atoms with Gasteiger partial charge < -0.3 is 4.90 Å². The first kappa shape index (κ1) is 12.1. The molecule has 92 valence electrons. The molecule has 0 aliphatic carbocycles. The van der Waals surface area contributed by atoms with E-state index in [1.807, 2.05) is 24.0 Å². The zero-order valence-corrected chi connectivity index (χ0v) is 10.2. The lowest BCUT2D eigenvalue weighted by Crippen LogP contribution is -2.37. The molecule has 0 spiro atoms. The summed E-state index contributed by atoms with van der Waals surface area (Å²) in [7, 11) is 0. The van der Waals surface area contributed by atoms with Gasteiger partial charge in [0.15, 0.2) is 0 Å². The van der Waals surface area contributed by atoms with Crippen molar-refractivity contribution in [2.45, 2.75) is 32.1 Å². The molecule has 1 fully saturated rings. The number of hydrogen-bond acceptors (Lipinski definition) is 1. The molecule has 2 nitrogen and oxygen atoms in total. The molecule has 1 aromatic rings. The number of amides is 1. The highest BCUT2D eigenvalue weighted by molar-refractivity contribution is 5.75. The molecular formula is C14H18FNO. The first-order chi connectivity index (χ1) is 8.22. The van der Waals surface area contributed by atoms with Crippen LogP contribution in [0.4, 0.5) is 4.39 Å². The Bertz CT molecular complexity index is 397. The van der Waals surface area contributed by atoms with Gasteiger partial charge in [0.1, 0.15) is 5.82 Å². The van der Waals surface area contributed by atoms with Gasteiger partial charge in [-0.2, -0.15) is 0 Å². The van der Waals surface area contributed by atoms with Crippen LogP contribution in [0.5, 0.6) is 0 Å². The summed E-state index contributed by atoms with van der Waals surface area (Å²) in [6, 6.07) is 6.97. The molecule has 1 heterocycles. The number of halogens is 1. The molecule has 1 saturated heterocycles. The lowest BCUT2D eigenvalue weighted by Gasteiger charge is -2.32. The SMILES string of the molecule is CCC(=O)N1CCC(c2ccccc2F)CC1. The highest BCUT2D eigenvalue weighted by Crippen LogP contribution is 2.29. The van der Waals surface area contributed by atoms with E-state index in [1.165, 1.54) is 6.07 Å². The third-order valence-electron chi connectivity index (χ3n) is 3.50. The van der Waals surface area contributed by atoms with E-state index >= 15 is 0 Å². The topological polar surface area (TPSA) is 20.3 Å². The van der Waals surface area contributed by atoms with E-state index in [1.54, 1.807) is 6.07 Å². The van der Waals surface area contributed by atoms with E-state index in [2.05, 4.69) is 0 Å². The maximum Gasteiger partial charge on any atom is 0.222 e. The fraction of sp³-hybridized carbons (Fsp3) is 0.500. The van der Waals surface area contributed by atoms with E-state index in [0.29, 0.717) is 6.42 Å². The van der Waals surface area contributed by atoms with Gasteiger partial charge in [0.25, 0.3) is 0 Å². The minimum atomic E-state index is -0.118. The third kappa shape index (κ3) is 2.65. The number of carbonyl (C=O) groups is 1. The zero-order chi connectivity index (χ0) is 12.3. The average Bonchev–Trinajstić information content (AvgIpc) is 2.39. The van der Waals surface area contributed by atoms with E-state index in [0.717, 1.165) is 31.5 Å². The van der Waals surface area contributed by atoms with Gasteiger partial charge in [-0.05, 0) is 30.4 Å². The second-order valence-corrected chi connectivity index (χ2v) is 4.53. The Morgan fingerprint density at radius 3 is 2.59 bits per heavy atom. The van der Waals surface area contributed by atoms with Gasteiger partial charge in [-0.15, -0.1) is 0 Å². The van der Waals surface area contributed by atoms with Gasteiger partial charge in [-0.25, -0.2) is 4.39 Å². The van der Waals surface area contributed by atoms with E-state index in [4.69, 9.17) is 0 Å². The Kier molecular flexibility index (Phi) is 3.77.